The molecule has 0 aliphatic rings. The highest BCUT2D eigenvalue weighted by Gasteiger charge is 2.16. The van der Waals surface area contributed by atoms with Crippen LogP contribution in [0.15, 0.2) is 28.1 Å². The van der Waals surface area contributed by atoms with Gasteiger partial charge in [0.25, 0.3) is 0 Å². The number of aliphatic hydroxyl groups excluding tert-OH is 1. The monoisotopic (exact) mass is 314 g/mol. The minimum absolute atomic E-state index is 0.284. The van der Waals surface area contributed by atoms with E-state index < -0.39 is 6.10 Å². The first kappa shape index (κ1) is 12.7. The molecule has 1 aromatic carbocycles. The SMILES string of the molecule is Cc1ccc(C(O)c2cc(Br)sc2C)cc1F. The van der Waals surface area contributed by atoms with E-state index in [1.54, 1.807) is 30.4 Å². The Morgan fingerprint density at radius 1 is 1.29 bits per heavy atom. The lowest BCUT2D eigenvalue weighted by Crippen LogP contribution is -2.00. The van der Waals surface area contributed by atoms with E-state index in [1.807, 2.05) is 13.0 Å². The molecule has 17 heavy (non-hydrogen) atoms. The minimum atomic E-state index is -0.771. The van der Waals surface area contributed by atoms with Crippen molar-refractivity contribution in [3.8, 4) is 0 Å². The molecule has 1 atom stereocenters. The number of hydrogen-bond acceptors (Lipinski definition) is 2. The zero-order chi connectivity index (χ0) is 12.6. The standard InChI is InChI=1S/C13H12BrFOS/c1-7-3-4-9(5-11(7)15)13(16)10-6-12(14)17-8(10)2/h3-6,13,16H,1-2H3. The highest BCUT2D eigenvalue weighted by molar-refractivity contribution is 9.11. The number of aliphatic hydroxyl groups is 1. The first-order chi connectivity index (χ1) is 7.99. The van der Waals surface area contributed by atoms with Gasteiger partial charge < -0.3 is 5.11 Å². The molecular weight excluding hydrogens is 303 g/mol. The molecule has 1 heterocycles. The maximum Gasteiger partial charge on any atom is 0.126 e. The van der Waals surface area contributed by atoms with Crippen molar-refractivity contribution in [1.82, 2.24) is 0 Å². The van der Waals surface area contributed by atoms with Crippen LogP contribution in [0, 0.1) is 19.7 Å². The quantitative estimate of drug-likeness (QED) is 0.873. The first-order valence-electron chi connectivity index (χ1n) is 5.19. The zero-order valence-corrected chi connectivity index (χ0v) is 11.9. The zero-order valence-electron chi connectivity index (χ0n) is 9.50. The predicted octanol–water partition coefficient (Wildman–Crippen LogP) is 4.35. The number of benzene rings is 1. The molecule has 2 aromatic rings. The molecule has 90 valence electrons. The maximum absolute atomic E-state index is 13.4. The van der Waals surface area contributed by atoms with Crippen molar-refractivity contribution < 1.29 is 9.50 Å². The smallest absolute Gasteiger partial charge is 0.126 e. The van der Waals surface area contributed by atoms with E-state index in [0.717, 1.165) is 14.2 Å². The van der Waals surface area contributed by atoms with Gasteiger partial charge in [0.15, 0.2) is 0 Å². The van der Waals surface area contributed by atoms with Crippen molar-refractivity contribution in [2.24, 2.45) is 0 Å². The topological polar surface area (TPSA) is 20.2 Å². The Hall–Kier alpha value is -0.710. The Balaban J connectivity index is 2.40. The lowest BCUT2D eigenvalue weighted by atomic mass is 10.0. The first-order valence-corrected chi connectivity index (χ1v) is 6.80. The molecule has 0 saturated heterocycles. The summed E-state index contributed by atoms with van der Waals surface area (Å²) in [6.45, 7) is 3.65. The Morgan fingerprint density at radius 3 is 2.53 bits per heavy atom. The summed E-state index contributed by atoms with van der Waals surface area (Å²) in [6, 6.07) is 6.71. The number of hydrogen-bond donors (Lipinski definition) is 1. The van der Waals surface area contributed by atoms with Crippen molar-refractivity contribution in [3.63, 3.8) is 0 Å². The van der Waals surface area contributed by atoms with Crippen LogP contribution in [0.2, 0.25) is 0 Å². The van der Waals surface area contributed by atoms with Crippen LogP contribution >= 0.6 is 27.3 Å². The molecule has 0 aliphatic carbocycles. The third kappa shape index (κ3) is 2.59. The molecule has 1 nitrogen and oxygen atoms in total. The third-order valence-electron chi connectivity index (χ3n) is 2.73. The van der Waals surface area contributed by atoms with E-state index in [4.69, 9.17) is 0 Å². The van der Waals surface area contributed by atoms with Crippen LogP contribution < -0.4 is 0 Å². The molecule has 0 radical (unpaired) electrons. The molecule has 4 heteroatoms. The van der Waals surface area contributed by atoms with Crippen LogP contribution in [0.5, 0.6) is 0 Å². The number of halogens is 2. The maximum atomic E-state index is 13.4. The second-order valence-corrected chi connectivity index (χ2v) is 6.61. The fourth-order valence-corrected chi connectivity index (χ4v) is 3.43. The third-order valence-corrected chi connectivity index (χ3v) is 4.30. The Morgan fingerprint density at radius 2 is 2.00 bits per heavy atom. The second-order valence-electron chi connectivity index (χ2n) is 3.97. The molecule has 1 N–H and O–H groups in total. The molecular formula is C13H12BrFOS. The van der Waals surface area contributed by atoms with Gasteiger partial charge in [0.05, 0.1) is 3.79 Å². The van der Waals surface area contributed by atoms with Crippen LogP contribution in [-0.2, 0) is 0 Å². The summed E-state index contributed by atoms with van der Waals surface area (Å²) >= 11 is 4.95. The normalized spacial score (nSPS) is 12.8. The molecule has 0 saturated carbocycles. The van der Waals surface area contributed by atoms with Crippen molar-refractivity contribution in [3.05, 3.63) is 55.4 Å². The second kappa shape index (κ2) is 4.88. The van der Waals surface area contributed by atoms with E-state index >= 15 is 0 Å². The van der Waals surface area contributed by atoms with E-state index in [0.29, 0.717) is 11.1 Å². The fraction of sp³-hybridized carbons (Fsp3) is 0.231. The van der Waals surface area contributed by atoms with Crippen LogP contribution in [-0.4, -0.2) is 5.11 Å². The minimum Gasteiger partial charge on any atom is -0.384 e. The van der Waals surface area contributed by atoms with Gasteiger partial charge in [0, 0.05) is 4.88 Å². The van der Waals surface area contributed by atoms with Crippen molar-refractivity contribution >= 4 is 27.3 Å². The van der Waals surface area contributed by atoms with Crippen molar-refractivity contribution in [2.45, 2.75) is 20.0 Å². The summed E-state index contributed by atoms with van der Waals surface area (Å²) in [4.78, 5) is 1.03. The van der Waals surface area contributed by atoms with Gasteiger partial charge in [-0.05, 0) is 58.6 Å². The summed E-state index contributed by atoms with van der Waals surface area (Å²) in [5.74, 6) is -0.284. The van der Waals surface area contributed by atoms with Gasteiger partial charge in [-0.25, -0.2) is 4.39 Å². The highest BCUT2D eigenvalue weighted by atomic mass is 79.9. The molecule has 0 spiro atoms. The average Bonchev–Trinajstić information content (AvgIpc) is 2.61. The summed E-state index contributed by atoms with van der Waals surface area (Å²) in [5, 5.41) is 10.2. The molecule has 1 aromatic heterocycles. The number of thiophene rings is 1. The van der Waals surface area contributed by atoms with E-state index in [1.165, 1.54) is 6.07 Å². The lowest BCUT2D eigenvalue weighted by Gasteiger charge is -2.11. The van der Waals surface area contributed by atoms with Crippen LogP contribution in [0.4, 0.5) is 4.39 Å². The van der Waals surface area contributed by atoms with Gasteiger partial charge in [-0.1, -0.05) is 12.1 Å². The van der Waals surface area contributed by atoms with Gasteiger partial charge >= 0.3 is 0 Å². The van der Waals surface area contributed by atoms with Gasteiger partial charge in [-0.2, -0.15) is 0 Å². The van der Waals surface area contributed by atoms with Crippen LogP contribution in [0.3, 0.4) is 0 Å². The van der Waals surface area contributed by atoms with Crippen molar-refractivity contribution in [2.75, 3.05) is 0 Å². The molecule has 0 amide bonds. The van der Waals surface area contributed by atoms with E-state index in [-0.39, 0.29) is 5.82 Å². The fourth-order valence-electron chi connectivity index (χ4n) is 1.69. The summed E-state index contributed by atoms with van der Waals surface area (Å²) < 4.78 is 14.4. The lowest BCUT2D eigenvalue weighted by molar-refractivity contribution is 0.219. The van der Waals surface area contributed by atoms with Gasteiger partial charge in [0.1, 0.15) is 11.9 Å². The Bertz CT molecular complexity index is 550. The van der Waals surface area contributed by atoms with Crippen molar-refractivity contribution in [1.29, 1.82) is 0 Å². The number of aryl methyl sites for hydroxylation is 2. The Kier molecular flexibility index (Phi) is 3.66. The number of rotatable bonds is 2. The average molecular weight is 315 g/mol. The van der Waals surface area contributed by atoms with Gasteiger partial charge in [-0.15, -0.1) is 11.3 Å². The summed E-state index contributed by atoms with van der Waals surface area (Å²) in [7, 11) is 0. The molecule has 0 aliphatic heterocycles. The van der Waals surface area contributed by atoms with E-state index in [9.17, 15) is 9.50 Å². The molecule has 0 fully saturated rings. The molecule has 0 bridgehead atoms. The summed E-state index contributed by atoms with van der Waals surface area (Å²) in [6.07, 6.45) is -0.771. The molecule has 1 unspecified atom stereocenters. The van der Waals surface area contributed by atoms with Crippen LogP contribution in [0.1, 0.15) is 27.7 Å². The molecule has 2 rings (SSSR count). The summed E-state index contributed by atoms with van der Waals surface area (Å²) in [5.41, 5.74) is 2.00. The van der Waals surface area contributed by atoms with Gasteiger partial charge in [-0.3, -0.25) is 0 Å². The Labute approximate surface area is 112 Å². The highest BCUT2D eigenvalue weighted by Crippen LogP contribution is 2.33. The van der Waals surface area contributed by atoms with Crippen LogP contribution in [0.25, 0.3) is 0 Å². The van der Waals surface area contributed by atoms with E-state index in [2.05, 4.69) is 15.9 Å². The van der Waals surface area contributed by atoms with Gasteiger partial charge in [0.2, 0.25) is 0 Å². The predicted molar refractivity (Wildman–Crippen MR) is 72.0 cm³/mol. The largest absolute Gasteiger partial charge is 0.384 e.